The van der Waals surface area contributed by atoms with Gasteiger partial charge in [-0.25, -0.2) is 14.3 Å². The lowest BCUT2D eigenvalue weighted by atomic mass is 9.94. The van der Waals surface area contributed by atoms with E-state index in [9.17, 15) is 9.59 Å². The Balaban J connectivity index is 1.71. The van der Waals surface area contributed by atoms with E-state index in [0.29, 0.717) is 28.5 Å². The summed E-state index contributed by atoms with van der Waals surface area (Å²) in [5.41, 5.74) is 4.19. The predicted molar refractivity (Wildman–Crippen MR) is 118 cm³/mol. The van der Waals surface area contributed by atoms with Gasteiger partial charge in [0, 0.05) is 22.5 Å². The van der Waals surface area contributed by atoms with E-state index in [0.717, 1.165) is 11.3 Å². The summed E-state index contributed by atoms with van der Waals surface area (Å²) in [6.07, 6.45) is 3.41. The van der Waals surface area contributed by atoms with Gasteiger partial charge in [0.15, 0.2) is 0 Å². The highest BCUT2D eigenvalue weighted by molar-refractivity contribution is 6.31. The molecule has 3 aromatic rings. The van der Waals surface area contributed by atoms with Gasteiger partial charge in [0.1, 0.15) is 11.6 Å². The molecule has 0 spiro atoms. The van der Waals surface area contributed by atoms with Gasteiger partial charge in [0.2, 0.25) is 0 Å². The smallest absolute Gasteiger partial charge is 0.341 e. The number of halogens is 1. The van der Waals surface area contributed by atoms with Gasteiger partial charge in [0.25, 0.3) is 0 Å². The molecular formula is C23H19ClN4O3. The van der Waals surface area contributed by atoms with E-state index in [-0.39, 0.29) is 17.8 Å². The van der Waals surface area contributed by atoms with Crippen LogP contribution in [0.1, 0.15) is 23.7 Å². The molecule has 0 saturated carbocycles. The van der Waals surface area contributed by atoms with Crippen LogP contribution in [-0.4, -0.2) is 33.5 Å². The zero-order valence-corrected chi connectivity index (χ0v) is 17.8. The van der Waals surface area contributed by atoms with Gasteiger partial charge in [-0.05, 0) is 44.2 Å². The number of anilines is 1. The van der Waals surface area contributed by atoms with Gasteiger partial charge in [-0.15, -0.1) is 5.10 Å². The first-order valence-corrected chi connectivity index (χ1v) is 10.1. The first-order valence-electron chi connectivity index (χ1n) is 9.69. The molecule has 0 unspecified atom stereocenters. The van der Waals surface area contributed by atoms with Gasteiger partial charge in [0.05, 0.1) is 36.2 Å². The normalized spacial score (nSPS) is 12.8. The van der Waals surface area contributed by atoms with Crippen molar-refractivity contribution in [2.24, 2.45) is 0 Å². The van der Waals surface area contributed by atoms with Crippen molar-refractivity contribution in [3.63, 3.8) is 0 Å². The summed E-state index contributed by atoms with van der Waals surface area (Å²) in [6.45, 7) is 4.24. The fourth-order valence-electron chi connectivity index (χ4n) is 3.37. The van der Waals surface area contributed by atoms with Gasteiger partial charge < -0.3 is 9.64 Å². The lowest BCUT2D eigenvalue weighted by Gasteiger charge is -2.28. The zero-order valence-electron chi connectivity index (χ0n) is 17.0. The predicted octanol–water partition coefficient (Wildman–Crippen LogP) is 3.91. The number of benzene rings is 2. The summed E-state index contributed by atoms with van der Waals surface area (Å²) >= 11 is 6.15. The van der Waals surface area contributed by atoms with Gasteiger partial charge >= 0.3 is 5.97 Å². The summed E-state index contributed by atoms with van der Waals surface area (Å²) in [7, 11) is 0. The van der Waals surface area contributed by atoms with Crippen LogP contribution in [0.3, 0.4) is 0 Å². The molecule has 0 fully saturated rings. The maximum atomic E-state index is 12.5. The summed E-state index contributed by atoms with van der Waals surface area (Å²) in [5.74, 6) is 1.27. The Bertz CT molecular complexity index is 1220. The number of ether oxygens (including phenoxy) is 1. The molecule has 8 heteroatoms. The quantitative estimate of drug-likeness (QED) is 0.447. The molecule has 31 heavy (non-hydrogen) atoms. The van der Waals surface area contributed by atoms with Gasteiger partial charge in [-0.2, -0.15) is 0 Å². The highest BCUT2D eigenvalue weighted by Gasteiger charge is 2.29. The standard InChI is InChI=1S/C23H19ClN4O3/c1-3-31-23(30)20-13-27(22-9-6-16(24)10-19(22)21(20)14-29)11-17-12-28(26-25-17)18-7-4-15(2)5-8-18/h4-10,12-13H,3,11H2,1-2H3. The number of hydrogen-bond donors (Lipinski definition) is 0. The Labute approximate surface area is 184 Å². The fourth-order valence-corrected chi connectivity index (χ4v) is 3.54. The van der Waals surface area contributed by atoms with Crippen LogP contribution < -0.4 is 4.90 Å². The number of carbonyl (C=O) groups excluding carboxylic acids is 2. The topological polar surface area (TPSA) is 77.3 Å². The van der Waals surface area contributed by atoms with Crippen LogP contribution in [0.15, 0.2) is 60.4 Å². The lowest BCUT2D eigenvalue weighted by molar-refractivity contribution is -0.138. The molecule has 4 rings (SSSR count). The van der Waals surface area contributed by atoms with Crippen LogP contribution in [-0.2, 0) is 20.9 Å². The lowest BCUT2D eigenvalue weighted by Crippen LogP contribution is -2.25. The van der Waals surface area contributed by atoms with E-state index in [2.05, 4.69) is 10.3 Å². The molecule has 0 N–H and O–H groups in total. The number of nitrogens with zero attached hydrogens (tertiary/aromatic N) is 4. The average molecular weight is 435 g/mol. The van der Waals surface area contributed by atoms with Crippen molar-refractivity contribution in [3.8, 4) is 5.69 Å². The van der Waals surface area contributed by atoms with Crippen molar-refractivity contribution in [1.29, 1.82) is 0 Å². The van der Waals surface area contributed by atoms with Gasteiger partial charge in [-0.1, -0.05) is 34.5 Å². The zero-order chi connectivity index (χ0) is 22.0. The molecule has 0 bridgehead atoms. The molecule has 0 amide bonds. The minimum atomic E-state index is -0.597. The first-order chi connectivity index (χ1) is 15.0. The molecule has 0 saturated heterocycles. The molecule has 1 aliphatic rings. The number of esters is 1. The second-order valence-electron chi connectivity index (χ2n) is 7.02. The first kappa shape index (κ1) is 20.6. The Morgan fingerprint density at radius 1 is 1.19 bits per heavy atom. The maximum absolute atomic E-state index is 12.5. The number of carbonyl (C=O) groups is 1. The molecule has 2 aromatic carbocycles. The van der Waals surface area contributed by atoms with E-state index in [1.165, 1.54) is 0 Å². The van der Waals surface area contributed by atoms with Crippen LogP contribution in [0.25, 0.3) is 11.3 Å². The minimum absolute atomic E-state index is 0.121. The molecular weight excluding hydrogens is 416 g/mol. The van der Waals surface area contributed by atoms with Crippen LogP contribution in [0.2, 0.25) is 5.02 Å². The van der Waals surface area contributed by atoms with Crippen molar-refractivity contribution in [1.82, 2.24) is 15.0 Å². The molecule has 7 nitrogen and oxygen atoms in total. The third-order valence-corrected chi connectivity index (χ3v) is 5.10. The summed E-state index contributed by atoms with van der Waals surface area (Å²) < 4.78 is 6.82. The summed E-state index contributed by atoms with van der Waals surface area (Å²) in [5, 5.41) is 8.91. The molecule has 1 aromatic heterocycles. The van der Waals surface area contributed by atoms with Crippen LogP contribution in [0.4, 0.5) is 5.69 Å². The monoisotopic (exact) mass is 434 g/mol. The Hall–Kier alpha value is -3.67. The van der Waals surface area contributed by atoms with Crippen molar-refractivity contribution in [2.45, 2.75) is 20.4 Å². The number of rotatable bonds is 5. The maximum Gasteiger partial charge on any atom is 0.341 e. The van der Waals surface area contributed by atoms with Crippen molar-refractivity contribution < 1.29 is 14.3 Å². The number of aromatic nitrogens is 3. The Kier molecular flexibility index (Phi) is 5.71. The second kappa shape index (κ2) is 8.60. The molecule has 0 atom stereocenters. The van der Waals surface area contributed by atoms with Crippen molar-refractivity contribution in [3.05, 3.63) is 82.3 Å². The third-order valence-electron chi connectivity index (χ3n) is 4.86. The second-order valence-corrected chi connectivity index (χ2v) is 7.46. The van der Waals surface area contributed by atoms with E-state index < -0.39 is 5.97 Å². The summed E-state index contributed by atoms with van der Waals surface area (Å²) in [6, 6.07) is 13.1. The minimum Gasteiger partial charge on any atom is -0.462 e. The number of hydrogen-bond acceptors (Lipinski definition) is 6. The molecule has 156 valence electrons. The largest absolute Gasteiger partial charge is 0.462 e. The van der Waals surface area contributed by atoms with E-state index in [1.807, 2.05) is 48.2 Å². The Morgan fingerprint density at radius 2 is 1.97 bits per heavy atom. The van der Waals surface area contributed by atoms with E-state index in [1.54, 1.807) is 36.0 Å². The highest BCUT2D eigenvalue weighted by atomic mass is 35.5. The molecule has 0 radical (unpaired) electrons. The highest BCUT2D eigenvalue weighted by Crippen LogP contribution is 2.38. The molecule has 1 aliphatic heterocycles. The van der Waals surface area contributed by atoms with Crippen LogP contribution in [0, 0.1) is 6.92 Å². The number of aryl methyl sites for hydroxylation is 1. The fraction of sp³-hybridized carbons (Fsp3) is 0.174. The average Bonchev–Trinajstić information content (AvgIpc) is 3.22. The SMILES string of the molecule is CCOC(=O)C1=CN(Cc2cn(-c3ccc(C)cc3)nn2)c2ccc(Cl)cc2C1=C=O. The van der Waals surface area contributed by atoms with E-state index in [4.69, 9.17) is 16.3 Å². The molecule has 2 heterocycles. The van der Waals surface area contributed by atoms with Crippen molar-refractivity contribution >= 4 is 34.8 Å². The van der Waals surface area contributed by atoms with Crippen LogP contribution >= 0.6 is 11.6 Å². The summed E-state index contributed by atoms with van der Waals surface area (Å²) in [4.78, 5) is 26.0. The van der Waals surface area contributed by atoms with Crippen LogP contribution in [0.5, 0.6) is 0 Å². The van der Waals surface area contributed by atoms with Gasteiger partial charge in [-0.3, -0.25) is 0 Å². The third kappa shape index (κ3) is 4.14. The van der Waals surface area contributed by atoms with E-state index >= 15 is 0 Å². The Morgan fingerprint density at radius 3 is 2.68 bits per heavy atom. The number of fused-ring (bicyclic) bond motifs is 1. The molecule has 0 aliphatic carbocycles. The van der Waals surface area contributed by atoms with Crippen molar-refractivity contribution in [2.75, 3.05) is 11.5 Å².